The second kappa shape index (κ2) is 6.61. The second-order valence-electron chi connectivity index (χ2n) is 6.82. The van der Waals surface area contributed by atoms with Crippen molar-refractivity contribution in [3.8, 4) is 0 Å². The first-order valence-electron chi connectivity index (χ1n) is 8.49. The van der Waals surface area contributed by atoms with E-state index in [9.17, 15) is 23.2 Å². The van der Waals surface area contributed by atoms with E-state index >= 15 is 0 Å². The van der Waals surface area contributed by atoms with Gasteiger partial charge in [-0.3, -0.25) is 19.1 Å². The average molecular weight is 356 g/mol. The van der Waals surface area contributed by atoms with Gasteiger partial charge in [-0.2, -0.15) is 0 Å². The Hall–Kier alpha value is -2.19. The Morgan fingerprint density at radius 3 is 2.56 bits per heavy atom. The molecule has 1 N–H and O–H groups in total. The number of anilines is 1. The number of piperidine rings is 2. The van der Waals surface area contributed by atoms with Crippen molar-refractivity contribution in [3.63, 3.8) is 0 Å². The number of nitrogens with one attached hydrogen (secondary N) is 1. The maximum Gasteiger partial charge on any atom is 0.329 e. The molecule has 2 aliphatic rings. The molecule has 2 aliphatic heterocycles. The Bertz CT molecular complexity index is 732. The molecule has 0 radical (unpaired) electrons. The van der Waals surface area contributed by atoms with E-state index < -0.39 is 17.2 Å². The van der Waals surface area contributed by atoms with Crippen molar-refractivity contribution in [3.05, 3.63) is 26.9 Å². The molecule has 2 fully saturated rings. The van der Waals surface area contributed by atoms with Gasteiger partial charge in [0.05, 0.1) is 5.92 Å². The van der Waals surface area contributed by atoms with Crippen LogP contribution < -0.4 is 16.1 Å². The van der Waals surface area contributed by atoms with Crippen molar-refractivity contribution in [2.75, 3.05) is 31.1 Å². The molecule has 1 amide bonds. The predicted molar refractivity (Wildman–Crippen MR) is 88.0 cm³/mol. The minimum Gasteiger partial charge on any atom is -0.357 e. The maximum atomic E-state index is 13.3. The standard InChI is InChI=1S/C16H22F2N4O3/c1-20-13(23)9-12(19-15(20)25)22-6-2-3-11(10-22)14(24)21-7-4-16(17,18)5-8-21/h9,11H,2-8,10H2,1H3,(H,19,25). The number of carbonyl (C=O) groups is 1. The Morgan fingerprint density at radius 1 is 1.24 bits per heavy atom. The summed E-state index contributed by atoms with van der Waals surface area (Å²) < 4.78 is 27.5. The fraction of sp³-hybridized carbons (Fsp3) is 0.688. The molecule has 7 nitrogen and oxygen atoms in total. The van der Waals surface area contributed by atoms with Gasteiger partial charge in [-0.05, 0) is 12.8 Å². The molecule has 25 heavy (non-hydrogen) atoms. The SMILES string of the molecule is Cn1c(=O)cc(N2CCCC(C(=O)N3CCC(F)(F)CC3)C2)[nH]c1=O. The molecule has 138 valence electrons. The first-order valence-corrected chi connectivity index (χ1v) is 8.49. The largest absolute Gasteiger partial charge is 0.357 e. The third kappa shape index (κ3) is 3.74. The fourth-order valence-corrected chi connectivity index (χ4v) is 3.42. The Labute approximate surface area is 143 Å². The van der Waals surface area contributed by atoms with Crippen LogP contribution in [0, 0.1) is 5.92 Å². The van der Waals surface area contributed by atoms with Gasteiger partial charge in [0, 0.05) is 52.1 Å². The van der Waals surface area contributed by atoms with E-state index in [1.54, 1.807) is 0 Å². The highest BCUT2D eigenvalue weighted by Gasteiger charge is 2.38. The van der Waals surface area contributed by atoms with Crippen LogP contribution in [0.5, 0.6) is 0 Å². The van der Waals surface area contributed by atoms with Crippen molar-refractivity contribution in [1.82, 2.24) is 14.5 Å². The van der Waals surface area contributed by atoms with Crippen molar-refractivity contribution in [2.45, 2.75) is 31.6 Å². The first kappa shape index (κ1) is 17.6. The number of amides is 1. The molecule has 1 aromatic rings. The Balaban J connectivity index is 1.70. The van der Waals surface area contributed by atoms with E-state index in [4.69, 9.17) is 0 Å². The highest BCUT2D eigenvalue weighted by atomic mass is 19.3. The number of aromatic nitrogens is 2. The Morgan fingerprint density at radius 2 is 1.92 bits per heavy atom. The van der Waals surface area contributed by atoms with E-state index in [0.29, 0.717) is 25.3 Å². The number of rotatable bonds is 2. The van der Waals surface area contributed by atoms with E-state index in [-0.39, 0.29) is 37.8 Å². The van der Waals surface area contributed by atoms with Crippen LogP contribution >= 0.6 is 0 Å². The molecule has 3 heterocycles. The second-order valence-corrected chi connectivity index (χ2v) is 6.82. The molecule has 9 heteroatoms. The summed E-state index contributed by atoms with van der Waals surface area (Å²) in [5.41, 5.74) is -0.917. The van der Waals surface area contributed by atoms with Crippen molar-refractivity contribution in [2.24, 2.45) is 13.0 Å². The molecule has 0 spiro atoms. The number of hydrogen-bond donors (Lipinski definition) is 1. The maximum absolute atomic E-state index is 13.3. The van der Waals surface area contributed by atoms with Crippen LogP contribution in [-0.4, -0.2) is 52.5 Å². The number of hydrogen-bond acceptors (Lipinski definition) is 4. The normalized spacial score (nSPS) is 23.6. The highest BCUT2D eigenvalue weighted by Crippen LogP contribution is 2.29. The van der Waals surface area contributed by atoms with Crippen LogP contribution in [0.4, 0.5) is 14.6 Å². The molecule has 2 saturated heterocycles. The van der Waals surface area contributed by atoms with E-state index in [1.165, 1.54) is 18.0 Å². The van der Waals surface area contributed by atoms with Crippen molar-refractivity contribution < 1.29 is 13.6 Å². The molecule has 1 atom stereocenters. The van der Waals surface area contributed by atoms with E-state index in [0.717, 1.165) is 11.0 Å². The summed E-state index contributed by atoms with van der Waals surface area (Å²) in [6.07, 6.45) is 0.823. The minimum absolute atomic E-state index is 0.0745. The van der Waals surface area contributed by atoms with Gasteiger partial charge in [-0.25, -0.2) is 13.6 Å². The smallest absolute Gasteiger partial charge is 0.329 e. The molecule has 1 unspecified atom stereocenters. The lowest BCUT2D eigenvalue weighted by Crippen LogP contribution is -2.49. The number of likely N-dealkylation sites (tertiary alicyclic amines) is 1. The first-order chi connectivity index (χ1) is 11.8. The molecule has 1 aromatic heterocycles. The zero-order valence-corrected chi connectivity index (χ0v) is 14.1. The molecule has 0 saturated carbocycles. The van der Waals surface area contributed by atoms with Crippen LogP contribution in [0.15, 0.2) is 15.7 Å². The minimum atomic E-state index is -2.68. The number of H-pyrrole nitrogens is 1. The number of carbonyl (C=O) groups excluding carboxylic acids is 1. The van der Waals surface area contributed by atoms with Gasteiger partial charge in [-0.15, -0.1) is 0 Å². The lowest BCUT2D eigenvalue weighted by Gasteiger charge is -2.38. The molecule has 0 aromatic carbocycles. The average Bonchev–Trinajstić information content (AvgIpc) is 2.59. The van der Waals surface area contributed by atoms with Crippen LogP contribution in [0.1, 0.15) is 25.7 Å². The van der Waals surface area contributed by atoms with Gasteiger partial charge in [0.1, 0.15) is 5.82 Å². The lowest BCUT2D eigenvalue weighted by molar-refractivity contribution is -0.141. The number of nitrogens with zero attached hydrogens (tertiary/aromatic N) is 3. The quantitative estimate of drug-likeness (QED) is 0.839. The fourth-order valence-electron chi connectivity index (χ4n) is 3.42. The molecular weight excluding hydrogens is 334 g/mol. The van der Waals surface area contributed by atoms with Crippen molar-refractivity contribution in [1.29, 1.82) is 0 Å². The third-order valence-corrected chi connectivity index (χ3v) is 5.05. The lowest BCUT2D eigenvalue weighted by atomic mass is 9.95. The summed E-state index contributed by atoms with van der Waals surface area (Å²) in [6.45, 7) is 1.15. The topological polar surface area (TPSA) is 78.4 Å². The van der Waals surface area contributed by atoms with E-state index in [2.05, 4.69) is 4.98 Å². The highest BCUT2D eigenvalue weighted by molar-refractivity contribution is 5.79. The van der Waals surface area contributed by atoms with Gasteiger partial charge >= 0.3 is 5.69 Å². The number of halogens is 2. The van der Waals surface area contributed by atoms with Crippen LogP contribution in [0.3, 0.4) is 0 Å². The summed E-state index contributed by atoms with van der Waals surface area (Å²) in [5, 5.41) is 0. The van der Waals surface area contributed by atoms with Crippen LogP contribution in [0.25, 0.3) is 0 Å². The Kier molecular flexibility index (Phi) is 4.66. The summed E-state index contributed by atoms with van der Waals surface area (Å²) in [6, 6.07) is 1.34. The van der Waals surface area contributed by atoms with E-state index in [1.807, 2.05) is 4.90 Å². The van der Waals surface area contributed by atoms with Crippen molar-refractivity contribution >= 4 is 11.7 Å². The van der Waals surface area contributed by atoms with Gasteiger partial charge in [-0.1, -0.05) is 0 Å². The molecule has 3 rings (SSSR count). The molecular formula is C16H22F2N4O3. The molecule has 0 aliphatic carbocycles. The number of alkyl halides is 2. The third-order valence-electron chi connectivity index (χ3n) is 5.05. The summed E-state index contributed by atoms with van der Waals surface area (Å²) >= 11 is 0. The van der Waals surface area contributed by atoms with Gasteiger partial charge in [0.25, 0.3) is 11.5 Å². The summed E-state index contributed by atoms with van der Waals surface area (Å²) in [5.74, 6) is -2.71. The van der Waals surface area contributed by atoms with Gasteiger partial charge in [0.2, 0.25) is 5.91 Å². The van der Waals surface area contributed by atoms with Gasteiger partial charge in [0.15, 0.2) is 0 Å². The predicted octanol–water partition coefficient (Wildman–Crippen LogP) is 0.548. The summed E-state index contributed by atoms with van der Waals surface area (Å²) in [4.78, 5) is 42.2. The van der Waals surface area contributed by atoms with Gasteiger partial charge < -0.3 is 9.80 Å². The zero-order chi connectivity index (χ0) is 18.2. The zero-order valence-electron chi connectivity index (χ0n) is 14.1. The number of aromatic amines is 1. The monoisotopic (exact) mass is 356 g/mol. The van der Waals surface area contributed by atoms with Crippen LogP contribution in [0.2, 0.25) is 0 Å². The molecule has 0 bridgehead atoms. The van der Waals surface area contributed by atoms with Crippen LogP contribution in [-0.2, 0) is 11.8 Å². The summed E-state index contributed by atoms with van der Waals surface area (Å²) in [7, 11) is 1.39.